The molecule has 0 saturated heterocycles. The summed E-state index contributed by atoms with van der Waals surface area (Å²) in [6.45, 7) is 1.65. The highest BCUT2D eigenvalue weighted by Gasteiger charge is 2.10. The van der Waals surface area contributed by atoms with Crippen LogP contribution in [0.15, 0.2) is 12.1 Å². The van der Waals surface area contributed by atoms with Crippen molar-refractivity contribution in [2.75, 3.05) is 0 Å². The van der Waals surface area contributed by atoms with E-state index in [1.807, 2.05) is 13.0 Å². The molecule has 0 heterocycles. The standard InChI is InChI=1S/C12H13NO3/c1-2-8-3-9(5-12(15)16)11(7-14)4-10(8)6-13/h3-4,14H,2,5,7H2,1H3,(H,15,16). The molecule has 0 amide bonds. The maximum Gasteiger partial charge on any atom is 0.307 e. The van der Waals surface area contributed by atoms with Crippen molar-refractivity contribution >= 4 is 5.97 Å². The maximum atomic E-state index is 10.6. The Bertz CT molecular complexity index is 446. The number of benzene rings is 1. The highest BCUT2D eigenvalue weighted by molar-refractivity contribution is 5.71. The van der Waals surface area contributed by atoms with Gasteiger partial charge in [0.05, 0.1) is 24.7 Å². The van der Waals surface area contributed by atoms with E-state index in [1.165, 1.54) is 0 Å². The SMILES string of the molecule is CCc1cc(CC(=O)O)c(CO)cc1C#N. The number of aliphatic hydroxyl groups excluding tert-OH is 1. The zero-order valence-electron chi connectivity index (χ0n) is 9.03. The fourth-order valence-corrected chi connectivity index (χ4v) is 1.61. The largest absolute Gasteiger partial charge is 0.481 e. The second-order valence-electron chi connectivity index (χ2n) is 3.47. The summed E-state index contributed by atoms with van der Waals surface area (Å²) in [5, 5.41) is 26.7. The summed E-state index contributed by atoms with van der Waals surface area (Å²) in [5.74, 6) is -0.943. The second kappa shape index (κ2) is 5.29. The molecule has 0 radical (unpaired) electrons. The minimum absolute atomic E-state index is 0.130. The summed E-state index contributed by atoms with van der Waals surface area (Å²) in [5.41, 5.74) is 2.40. The van der Waals surface area contributed by atoms with E-state index in [9.17, 15) is 4.79 Å². The first-order valence-electron chi connectivity index (χ1n) is 4.99. The van der Waals surface area contributed by atoms with Crippen molar-refractivity contribution in [2.45, 2.75) is 26.4 Å². The number of aryl methyl sites for hydroxylation is 1. The molecule has 0 bridgehead atoms. The molecule has 0 aromatic heterocycles. The molecular formula is C12H13NO3. The van der Waals surface area contributed by atoms with Crippen LogP contribution < -0.4 is 0 Å². The molecule has 0 aliphatic carbocycles. The summed E-state index contributed by atoms with van der Waals surface area (Å²) in [6, 6.07) is 5.30. The van der Waals surface area contributed by atoms with Gasteiger partial charge in [-0.05, 0) is 29.2 Å². The maximum absolute atomic E-state index is 10.6. The van der Waals surface area contributed by atoms with Gasteiger partial charge in [0.25, 0.3) is 0 Å². The molecule has 0 fully saturated rings. The molecule has 1 aromatic carbocycles. The Morgan fingerprint density at radius 2 is 2.06 bits per heavy atom. The number of carboxylic acid groups (broad SMARTS) is 1. The van der Waals surface area contributed by atoms with Crippen LogP contribution in [-0.2, 0) is 24.2 Å². The zero-order chi connectivity index (χ0) is 12.1. The number of aliphatic carboxylic acids is 1. The van der Waals surface area contributed by atoms with Gasteiger partial charge in [0.1, 0.15) is 0 Å². The van der Waals surface area contributed by atoms with E-state index in [4.69, 9.17) is 15.5 Å². The van der Waals surface area contributed by atoms with Crippen LogP contribution in [0.25, 0.3) is 0 Å². The minimum Gasteiger partial charge on any atom is -0.481 e. The minimum atomic E-state index is -0.943. The summed E-state index contributed by atoms with van der Waals surface area (Å²) >= 11 is 0. The van der Waals surface area contributed by atoms with Crippen molar-refractivity contribution in [1.82, 2.24) is 0 Å². The third kappa shape index (κ3) is 2.59. The normalized spacial score (nSPS) is 9.81. The summed E-state index contributed by atoms with van der Waals surface area (Å²) in [6.07, 6.45) is 0.538. The van der Waals surface area contributed by atoms with E-state index in [2.05, 4.69) is 0 Å². The van der Waals surface area contributed by atoms with Crippen LogP contribution in [0.4, 0.5) is 0 Å². The van der Waals surface area contributed by atoms with E-state index >= 15 is 0 Å². The smallest absolute Gasteiger partial charge is 0.307 e. The van der Waals surface area contributed by atoms with Crippen molar-refractivity contribution in [1.29, 1.82) is 5.26 Å². The van der Waals surface area contributed by atoms with E-state index < -0.39 is 5.97 Å². The molecule has 0 aliphatic rings. The van der Waals surface area contributed by atoms with Crippen LogP contribution in [-0.4, -0.2) is 16.2 Å². The Hall–Kier alpha value is -1.86. The van der Waals surface area contributed by atoms with E-state index in [1.54, 1.807) is 12.1 Å². The van der Waals surface area contributed by atoms with Crippen molar-refractivity contribution in [3.63, 3.8) is 0 Å². The molecule has 16 heavy (non-hydrogen) atoms. The third-order valence-electron chi connectivity index (χ3n) is 2.44. The van der Waals surface area contributed by atoms with Crippen LogP contribution in [0, 0.1) is 11.3 Å². The van der Waals surface area contributed by atoms with Gasteiger partial charge in [-0.15, -0.1) is 0 Å². The molecule has 0 saturated carbocycles. The van der Waals surface area contributed by atoms with Crippen LogP contribution >= 0.6 is 0 Å². The van der Waals surface area contributed by atoms with Crippen LogP contribution in [0.1, 0.15) is 29.2 Å². The average molecular weight is 219 g/mol. The molecule has 0 atom stereocenters. The van der Waals surface area contributed by atoms with E-state index in [0.29, 0.717) is 23.1 Å². The monoisotopic (exact) mass is 219 g/mol. The molecule has 2 N–H and O–H groups in total. The third-order valence-corrected chi connectivity index (χ3v) is 2.44. The molecule has 84 valence electrons. The number of hydrogen-bond donors (Lipinski definition) is 2. The van der Waals surface area contributed by atoms with Gasteiger partial charge in [-0.3, -0.25) is 4.79 Å². The number of rotatable bonds is 4. The molecular weight excluding hydrogens is 206 g/mol. The number of hydrogen-bond acceptors (Lipinski definition) is 3. The van der Waals surface area contributed by atoms with Crippen LogP contribution in [0.3, 0.4) is 0 Å². The van der Waals surface area contributed by atoms with E-state index in [-0.39, 0.29) is 13.0 Å². The highest BCUT2D eigenvalue weighted by Crippen LogP contribution is 2.18. The lowest BCUT2D eigenvalue weighted by Gasteiger charge is -2.09. The van der Waals surface area contributed by atoms with Crippen molar-refractivity contribution in [3.8, 4) is 6.07 Å². The fourth-order valence-electron chi connectivity index (χ4n) is 1.61. The van der Waals surface area contributed by atoms with Gasteiger partial charge in [-0.25, -0.2) is 0 Å². The van der Waals surface area contributed by atoms with Crippen LogP contribution in [0.2, 0.25) is 0 Å². The Morgan fingerprint density at radius 3 is 2.50 bits per heavy atom. The molecule has 0 aliphatic heterocycles. The molecule has 0 unspecified atom stereocenters. The molecule has 4 heteroatoms. The van der Waals surface area contributed by atoms with Gasteiger partial charge in [0.2, 0.25) is 0 Å². The number of aliphatic hydroxyl groups is 1. The average Bonchev–Trinajstić information content (AvgIpc) is 2.27. The number of nitriles is 1. The predicted octanol–water partition coefficient (Wildman–Crippen LogP) is 1.24. The van der Waals surface area contributed by atoms with Crippen LogP contribution in [0.5, 0.6) is 0 Å². The van der Waals surface area contributed by atoms with Gasteiger partial charge >= 0.3 is 5.97 Å². The first-order valence-corrected chi connectivity index (χ1v) is 4.99. The van der Waals surface area contributed by atoms with Gasteiger partial charge < -0.3 is 10.2 Å². The van der Waals surface area contributed by atoms with Gasteiger partial charge in [0, 0.05) is 0 Å². The molecule has 1 rings (SSSR count). The predicted molar refractivity (Wildman–Crippen MR) is 57.8 cm³/mol. The van der Waals surface area contributed by atoms with Crippen molar-refractivity contribution in [3.05, 3.63) is 34.4 Å². The number of carbonyl (C=O) groups is 1. The zero-order valence-corrected chi connectivity index (χ0v) is 9.03. The Morgan fingerprint density at radius 1 is 1.38 bits per heavy atom. The van der Waals surface area contributed by atoms with Crippen molar-refractivity contribution < 1.29 is 15.0 Å². The lowest BCUT2D eigenvalue weighted by atomic mass is 9.96. The Kier molecular flexibility index (Phi) is 4.03. The summed E-state index contributed by atoms with van der Waals surface area (Å²) in [7, 11) is 0. The Balaban J connectivity index is 3.27. The molecule has 1 aromatic rings. The van der Waals surface area contributed by atoms with Gasteiger partial charge in [-0.1, -0.05) is 13.0 Å². The first-order chi connectivity index (χ1) is 7.62. The first kappa shape index (κ1) is 12.2. The van der Waals surface area contributed by atoms with Gasteiger partial charge in [0.15, 0.2) is 0 Å². The summed E-state index contributed by atoms with van der Waals surface area (Å²) < 4.78 is 0. The Labute approximate surface area is 93.8 Å². The second-order valence-corrected chi connectivity index (χ2v) is 3.47. The lowest BCUT2D eigenvalue weighted by molar-refractivity contribution is -0.136. The lowest BCUT2D eigenvalue weighted by Crippen LogP contribution is -2.06. The highest BCUT2D eigenvalue weighted by atomic mass is 16.4. The van der Waals surface area contributed by atoms with E-state index in [0.717, 1.165) is 5.56 Å². The number of nitrogens with zero attached hydrogens (tertiary/aromatic N) is 1. The molecule has 0 spiro atoms. The number of carboxylic acids is 1. The fraction of sp³-hybridized carbons (Fsp3) is 0.333. The quantitative estimate of drug-likeness (QED) is 0.798. The summed E-state index contributed by atoms with van der Waals surface area (Å²) in [4.78, 5) is 10.6. The topological polar surface area (TPSA) is 81.3 Å². The van der Waals surface area contributed by atoms with Gasteiger partial charge in [-0.2, -0.15) is 5.26 Å². The van der Waals surface area contributed by atoms with Crippen molar-refractivity contribution in [2.24, 2.45) is 0 Å². The molecule has 4 nitrogen and oxygen atoms in total.